The van der Waals surface area contributed by atoms with E-state index in [4.69, 9.17) is 9.47 Å². The number of ether oxygens (including phenoxy) is 2. The van der Waals surface area contributed by atoms with Gasteiger partial charge in [0.1, 0.15) is 11.5 Å². The van der Waals surface area contributed by atoms with Crippen molar-refractivity contribution in [2.45, 2.75) is 13.0 Å². The largest absolute Gasteiger partial charge is 0.465 e. The lowest BCUT2D eigenvalue weighted by Crippen LogP contribution is -2.31. The van der Waals surface area contributed by atoms with Crippen LogP contribution in [0.2, 0.25) is 0 Å². The Morgan fingerprint density at radius 3 is 2.24 bits per heavy atom. The fourth-order valence-electron chi connectivity index (χ4n) is 2.53. The molecule has 1 aliphatic heterocycles. The molecule has 0 bridgehead atoms. The maximum absolute atomic E-state index is 11.6. The summed E-state index contributed by atoms with van der Waals surface area (Å²) >= 11 is 0. The first kappa shape index (κ1) is 13.6. The van der Waals surface area contributed by atoms with Crippen molar-refractivity contribution in [1.82, 2.24) is 5.32 Å². The van der Waals surface area contributed by atoms with Gasteiger partial charge in [0.25, 0.3) is 0 Å². The standard InChI is InChI=1S/C17H17NO3/c1-2-20-16(19)11-18-17-12-7-3-5-9-14(12)21-15-10-6-4-8-13(15)17/h3-10,17-18H,2,11H2,1H3. The molecule has 3 rings (SSSR count). The molecule has 1 aliphatic rings. The summed E-state index contributed by atoms with van der Waals surface area (Å²) in [5.74, 6) is 1.38. The molecule has 0 aromatic heterocycles. The van der Waals surface area contributed by atoms with Crippen molar-refractivity contribution >= 4 is 5.97 Å². The first-order valence-corrected chi connectivity index (χ1v) is 7.04. The summed E-state index contributed by atoms with van der Waals surface area (Å²) < 4.78 is 10.9. The summed E-state index contributed by atoms with van der Waals surface area (Å²) in [5.41, 5.74) is 2.06. The number of nitrogens with one attached hydrogen (secondary N) is 1. The van der Waals surface area contributed by atoms with Gasteiger partial charge in [0, 0.05) is 11.1 Å². The number of esters is 1. The Labute approximate surface area is 123 Å². The predicted molar refractivity (Wildman–Crippen MR) is 79.4 cm³/mol. The minimum atomic E-state index is -0.251. The fourth-order valence-corrected chi connectivity index (χ4v) is 2.53. The zero-order valence-electron chi connectivity index (χ0n) is 11.8. The third kappa shape index (κ3) is 2.76. The highest BCUT2D eigenvalue weighted by Crippen LogP contribution is 2.42. The minimum Gasteiger partial charge on any atom is -0.465 e. The van der Waals surface area contributed by atoms with E-state index in [2.05, 4.69) is 5.32 Å². The molecule has 0 aliphatic carbocycles. The summed E-state index contributed by atoms with van der Waals surface area (Å²) in [6.45, 7) is 2.36. The highest BCUT2D eigenvalue weighted by molar-refractivity contribution is 5.72. The van der Waals surface area contributed by atoms with Crippen molar-refractivity contribution in [3.63, 3.8) is 0 Å². The molecule has 4 nitrogen and oxygen atoms in total. The summed E-state index contributed by atoms with van der Waals surface area (Å²) in [5, 5.41) is 3.26. The van der Waals surface area contributed by atoms with Gasteiger partial charge in [-0.25, -0.2) is 0 Å². The van der Waals surface area contributed by atoms with Crippen LogP contribution in [0, 0.1) is 0 Å². The van der Waals surface area contributed by atoms with Crippen molar-refractivity contribution in [3.05, 3.63) is 59.7 Å². The Balaban J connectivity index is 1.89. The van der Waals surface area contributed by atoms with Crippen LogP contribution < -0.4 is 10.1 Å². The van der Waals surface area contributed by atoms with Crippen molar-refractivity contribution in [1.29, 1.82) is 0 Å². The average molecular weight is 283 g/mol. The molecule has 0 atom stereocenters. The van der Waals surface area contributed by atoms with Crippen molar-refractivity contribution in [3.8, 4) is 11.5 Å². The molecule has 0 radical (unpaired) electrons. The Morgan fingerprint density at radius 1 is 1.10 bits per heavy atom. The number of carbonyl (C=O) groups excluding carboxylic acids is 1. The van der Waals surface area contributed by atoms with Crippen molar-refractivity contribution in [2.24, 2.45) is 0 Å². The highest BCUT2D eigenvalue weighted by Gasteiger charge is 2.26. The van der Waals surface area contributed by atoms with Gasteiger partial charge in [-0.15, -0.1) is 0 Å². The number of benzene rings is 2. The third-order valence-electron chi connectivity index (χ3n) is 3.44. The second kappa shape index (κ2) is 5.97. The Morgan fingerprint density at radius 2 is 1.67 bits per heavy atom. The van der Waals surface area contributed by atoms with Gasteiger partial charge in [-0.1, -0.05) is 36.4 Å². The number of carbonyl (C=O) groups is 1. The minimum absolute atomic E-state index is 0.0736. The lowest BCUT2D eigenvalue weighted by Gasteiger charge is -2.28. The maximum Gasteiger partial charge on any atom is 0.319 e. The molecule has 0 saturated carbocycles. The number of para-hydroxylation sites is 2. The van der Waals surface area contributed by atoms with E-state index in [9.17, 15) is 4.79 Å². The van der Waals surface area contributed by atoms with Crippen molar-refractivity contribution in [2.75, 3.05) is 13.2 Å². The SMILES string of the molecule is CCOC(=O)CNC1c2ccccc2Oc2ccccc21. The van der Waals surface area contributed by atoms with Crippen molar-refractivity contribution < 1.29 is 14.3 Å². The lowest BCUT2D eigenvalue weighted by molar-refractivity contribution is -0.142. The number of hydrogen-bond acceptors (Lipinski definition) is 4. The van der Waals surface area contributed by atoms with Crippen LogP contribution in [0.3, 0.4) is 0 Å². The predicted octanol–water partition coefficient (Wildman–Crippen LogP) is 3.03. The van der Waals surface area contributed by atoms with E-state index in [-0.39, 0.29) is 18.6 Å². The van der Waals surface area contributed by atoms with E-state index in [0.29, 0.717) is 6.61 Å². The molecule has 4 heteroatoms. The lowest BCUT2D eigenvalue weighted by atomic mass is 9.94. The van der Waals surface area contributed by atoms with E-state index in [0.717, 1.165) is 22.6 Å². The van der Waals surface area contributed by atoms with Crippen LogP contribution in [-0.4, -0.2) is 19.1 Å². The normalized spacial score (nSPS) is 13.0. The van der Waals surface area contributed by atoms with E-state index >= 15 is 0 Å². The first-order chi connectivity index (χ1) is 10.3. The maximum atomic E-state index is 11.6. The van der Waals surface area contributed by atoms with Crippen LogP contribution in [-0.2, 0) is 9.53 Å². The Hall–Kier alpha value is -2.33. The van der Waals surface area contributed by atoms with E-state index < -0.39 is 0 Å². The highest BCUT2D eigenvalue weighted by atomic mass is 16.5. The molecule has 1 N–H and O–H groups in total. The third-order valence-corrected chi connectivity index (χ3v) is 3.44. The molecular weight excluding hydrogens is 266 g/mol. The molecule has 0 fully saturated rings. The quantitative estimate of drug-likeness (QED) is 0.876. The van der Waals surface area contributed by atoms with E-state index in [1.54, 1.807) is 6.92 Å². The molecule has 0 spiro atoms. The van der Waals surface area contributed by atoms with Crippen LogP contribution >= 0.6 is 0 Å². The second-order valence-corrected chi connectivity index (χ2v) is 4.80. The van der Waals surface area contributed by atoms with Gasteiger partial charge in [0.05, 0.1) is 19.2 Å². The van der Waals surface area contributed by atoms with Crippen LogP contribution in [0.4, 0.5) is 0 Å². The number of fused-ring (bicyclic) bond motifs is 2. The average Bonchev–Trinajstić information content (AvgIpc) is 2.51. The van der Waals surface area contributed by atoms with Crippen LogP contribution in [0.15, 0.2) is 48.5 Å². The summed E-state index contributed by atoms with van der Waals surface area (Å²) in [7, 11) is 0. The smallest absolute Gasteiger partial charge is 0.319 e. The van der Waals surface area contributed by atoms with Crippen LogP contribution in [0.25, 0.3) is 0 Å². The van der Waals surface area contributed by atoms with Gasteiger partial charge in [0.2, 0.25) is 0 Å². The zero-order chi connectivity index (χ0) is 14.7. The number of rotatable bonds is 4. The molecule has 21 heavy (non-hydrogen) atoms. The molecule has 2 aromatic carbocycles. The summed E-state index contributed by atoms with van der Waals surface area (Å²) in [4.78, 5) is 11.6. The van der Waals surface area contributed by atoms with Gasteiger partial charge in [-0.3, -0.25) is 10.1 Å². The van der Waals surface area contributed by atoms with Crippen LogP contribution in [0.5, 0.6) is 11.5 Å². The summed E-state index contributed by atoms with van der Waals surface area (Å²) in [6.07, 6.45) is 0. The summed E-state index contributed by atoms with van der Waals surface area (Å²) in [6, 6.07) is 15.6. The first-order valence-electron chi connectivity index (χ1n) is 7.04. The Kier molecular flexibility index (Phi) is 3.88. The zero-order valence-corrected chi connectivity index (χ0v) is 11.8. The number of hydrogen-bond donors (Lipinski definition) is 1. The van der Waals surface area contributed by atoms with Gasteiger partial charge >= 0.3 is 5.97 Å². The van der Waals surface area contributed by atoms with Crippen LogP contribution in [0.1, 0.15) is 24.1 Å². The monoisotopic (exact) mass is 283 g/mol. The Bertz CT molecular complexity index is 608. The molecule has 2 aromatic rings. The molecule has 0 saturated heterocycles. The second-order valence-electron chi connectivity index (χ2n) is 4.80. The fraction of sp³-hybridized carbons (Fsp3) is 0.235. The molecule has 108 valence electrons. The van der Waals surface area contributed by atoms with E-state index in [1.165, 1.54) is 0 Å². The molecular formula is C17H17NO3. The van der Waals surface area contributed by atoms with Gasteiger partial charge < -0.3 is 9.47 Å². The molecule has 0 amide bonds. The van der Waals surface area contributed by atoms with Gasteiger partial charge in [-0.05, 0) is 19.1 Å². The molecule has 0 unspecified atom stereocenters. The topological polar surface area (TPSA) is 47.6 Å². The van der Waals surface area contributed by atoms with Gasteiger partial charge in [-0.2, -0.15) is 0 Å². The van der Waals surface area contributed by atoms with Gasteiger partial charge in [0.15, 0.2) is 0 Å². The molecule has 1 heterocycles. The van der Waals surface area contributed by atoms with E-state index in [1.807, 2.05) is 48.5 Å².